The topological polar surface area (TPSA) is 104 Å². The predicted molar refractivity (Wildman–Crippen MR) is 114 cm³/mol. The highest BCUT2D eigenvalue weighted by Crippen LogP contribution is 2.37. The number of halogens is 1. The van der Waals surface area contributed by atoms with Crippen molar-refractivity contribution >= 4 is 49.9 Å². The van der Waals surface area contributed by atoms with Crippen LogP contribution in [0.4, 0.5) is 5.69 Å². The van der Waals surface area contributed by atoms with E-state index in [2.05, 4.69) is 4.72 Å². The molecule has 30 heavy (non-hydrogen) atoms. The summed E-state index contributed by atoms with van der Waals surface area (Å²) >= 11 is 6.02. The van der Waals surface area contributed by atoms with Gasteiger partial charge in [-0.2, -0.15) is 0 Å². The molecule has 0 fully saturated rings. The number of phenols is 1. The summed E-state index contributed by atoms with van der Waals surface area (Å²) in [5.41, 5.74) is 0.900. The van der Waals surface area contributed by atoms with Crippen molar-refractivity contribution in [2.24, 2.45) is 0 Å². The maximum Gasteiger partial charge on any atom is 0.261 e. The van der Waals surface area contributed by atoms with E-state index in [0.717, 1.165) is 4.90 Å². The van der Waals surface area contributed by atoms with Crippen LogP contribution in [0, 0.1) is 0 Å². The van der Waals surface area contributed by atoms with Crippen molar-refractivity contribution in [3.63, 3.8) is 0 Å². The van der Waals surface area contributed by atoms with Crippen LogP contribution < -0.4 is 4.72 Å². The Morgan fingerprint density at radius 2 is 1.50 bits per heavy atom. The van der Waals surface area contributed by atoms with E-state index in [1.807, 2.05) is 0 Å². The predicted octanol–water partition coefficient (Wildman–Crippen LogP) is 3.63. The number of sulfonamides is 1. The summed E-state index contributed by atoms with van der Waals surface area (Å²) in [5, 5.41) is 11.0. The van der Waals surface area contributed by atoms with Gasteiger partial charge in [0, 0.05) is 17.3 Å². The minimum absolute atomic E-state index is 0.00958. The fourth-order valence-electron chi connectivity index (χ4n) is 3.48. The van der Waals surface area contributed by atoms with E-state index in [0.29, 0.717) is 21.9 Å². The zero-order valence-corrected chi connectivity index (χ0v) is 17.2. The van der Waals surface area contributed by atoms with Gasteiger partial charge in [-0.3, -0.25) is 19.2 Å². The summed E-state index contributed by atoms with van der Waals surface area (Å²) in [6.45, 7) is -0.00958. The van der Waals surface area contributed by atoms with Crippen LogP contribution in [0.25, 0.3) is 10.8 Å². The number of hydrogen-bond donors (Lipinski definition) is 2. The van der Waals surface area contributed by atoms with Crippen LogP contribution in [-0.4, -0.2) is 42.5 Å². The standard InChI is InChI=1S/C21H17ClN2O5S/c22-17-12-18(13-6-1-2-7-14(13)19(17)25)23-30(28,29)11-5-10-24-20(26)15-8-3-4-9-16(15)21(24)27/h1-4,6-9,12,23,25H,5,10-11H2. The highest BCUT2D eigenvalue weighted by Gasteiger charge is 2.34. The number of nitrogens with zero attached hydrogens (tertiary/aromatic N) is 1. The number of aromatic hydroxyl groups is 1. The third-order valence-corrected chi connectivity index (χ3v) is 6.55. The van der Waals surface area contributed by atoms with Gasteiger partial charge < -0.3 is 5.11 Å². The molecular weight excluding hydrogens is 428 g/mol. The van der Waals surface area contributed by atoms with Crippen LogP contribution in [-0.2, 0) is 10.0 Å². The molecule has 0 aliphatic carbocycles. The molecule has 3 aromatic carbocycles. The fourth-order valence-corrected chi connectivity index (χ4v) is 4.81. The molecule has 2 amide bonds. The van der Waals surface area contributed by atoms with E-state index < -0.39 is 21.8 Å². The number of imide groups is 1. The van der Waals surface area contributed by atoms with Crippen molar-refractivity contribution in [3.8, 4) is 5.75 Å². The Labute approximate surface area is 177 Å². The van der Waals surface area contributed by atoms with E-state index in [1.54, 1.807) is 48.5 Å². The van der Waals surface area contributed by atoms with Crippen molar-refractivity contribution in [2.75, 3.05) is 17.0 Å². The lowest BCUT2D eigenvalue weighted by molar-refractivity contribution is 0.0654. The van der Waals surface area contributed by atoms with Crippen LogP contribution in [0.2, 0.25) is 5.02 Å². The van der Waals surface area contributed by atoms with Gasteiger partial charge in [0.2, 0.25) is 10.0 Å². The maximum atomic E-state index is 12.6. The normalized spacial score (nSPS) is 13.7. The number of carbonyl (C=O) groups is 2. The van der Waals surface area contributed by atoms with Crippen LogP contribution >= 0.6 is 11.6 Å². The van der Waals surface area contributed by atoms with Crippen LogP contribution in [0.5, 0.6) is 5.75 Å². The Morgan fingerprint density at radius 3 is 2.13 bits per heavy atom. The van der Waals surface area contributed by atoms with Crippen LogP contribution in [0.3, 0.4) is 0 Å². The lowest BCUT2D eigenvalue weighted by Gasteiger charge is -2.15. The zero-order chi connectivity index (χ0) is 21.5. The van der Waals surface area contributed by atoms with Crippen molar-refractivity contribution in [3.05, 3.63) is 70.7 Å². The van der Waals surface area contributed by atoms with Crippen molar-refractivity contribution in [1.29, 1.82) is 0 Å². The Morgan fingerprint density at radius 1 is 0.933 bits per heavy atom. The van der Waals surface area contributed by atoms with Gasteiger partial charge in [0.25, 0.3) is 11.8 Å². The molecule has 0 atom stereocenters. The van der Waals surface area contributed by atoms with Gasteiger partial charge in [-0.05, 0) is 24.6 Å². The number of carbonyl (C=O) groups excluding carboxylic acids is 2. The molecule has 3 aromatic rings. The number of rotatable bonds is 6. The van der Waals surface area contributed by atoms with Gasteiger partial charge in [0.05, 0.1) is 27.6 Å². The number of benzene rings is 3. The van der Waals surface area contributed by atoms with Gasteiger partial charge in [0.1, 0.15) is 5.75 Å². The minimum atomic E-state index is -3.79. The zero-order valence-electron chi connectivity index (χ0n) is 15.6. The molecule has 9 heteroatoms. The average molecular weight is 445 g/mol. The molecule has 0 saturated heterocycles. The second-order valence-electron chi connectivity index (χ2n) is 6.88. The Hall–Kier alpha value is -3.10. The van der Waals surface area contributed by atoms with Gasteiger partial charge >= 0.3 is 0 Å². The quantitative estimate of drug-likeness (QED) is 0.446. The first kappa shape index (κ1) is 20.2. The van der Waals surface area contributed by atoms with Gasteiger partial charge in [0.15, 0.2) is 0 Å². The molecule has 0 unspecified atom stereocenters. The molecule has 1 aliphatic heterocycles. The summed E-state index contributed by atoms with van der Waals surface area (Å²) < 4.78 is 27.7. The summed E-state index contributed by atoms with van der Waals surface area (Å²) in [6, 6.07) is 14.6. The van der Waals surface area contributed by atoms with Crippen LogP contribution in [0.1, 0.15) is 27.1 Å². The monoisotopic (exact) mass is 444 g/mol. The smallest absolute Gasteiger partial charge is 0.261 e. The number of amides is 2. The molecule has 7 nitrogen and oxygen atoms in total. The number of phenolic OH excluding ortho intramolecular Hbond substituents is 1. The fraction of sp³-hybridized carbons (Fsp3) is 0.143. The molecule has 0 spiro atoms. The van der Waals surface area contributed by atoms with Crippen LogP contribution in [0.15, 0.2) is 54.6 Å². The van der Waals surface area contributed by atoms with E-state index >= 15 is 0 Å². The van der Waals surface area contributed by atoms with E-state index in [1.165, 1.54) is 6.07 Å². The molecule has 0 radical (unpaired) electrons. The first-order chi connectivity index (χ1) is 14.3. The van der Waals surface area contributed by atoms with Gasteiger partial charge in [-0.15, -0.1) is 0 Å². The number of nitrogens with one attached hydrogen (secondary N) is 1. The molecule has 0 bridgehead atoms. The Bertz CT molecular complexity index is 1250. The highest BCUT2D eigenvalue weighted by molar-refractivity contribution is 7.92. The SMILES string of the molecule is O=C1c2ccccc2C(=O)N1CCCS(=O)(=O)Nc1cc(Cl)c(O)c2ccccc12. The lowest BCUT2D eigenvalue weighted by atomic mass is 10.1. The highest BCUT2D eigenvalue weighted by atomic mass is 35.5. The van der Waals surface area contributed by atoms with E-state index in [-0.39, 0.29) is 35.2 Å². The molecule has 0 saturated carbocycles. The maximum absolute atomic E-state index is 12.6. The third kappa shape index (κ3) is 3.59. The third-order valence-electron chi connectivity index (χ3n) is 4.91. The molecule has 1 heterocycles. The second kappa shape index (κ2) is 7.62. The van der Waals surface area contributed by atoms with E-state index in [9.17, 15) is 23.1 Å². The number of fused-ring (bicyclic) bond motifs is 2. The molecular formula is C21H17ClN2O5S. The molecule has 154 valence electrons. The lowest BCUT2D eigenvalue weighted by Crippen LogP contribution is -2.32. The summed E-state index contributed by atoms with van der Waals surface area (Å²) in [5.74, 6) is -1.26. The Balaban J connectivity index is 1.47. The first-order valence-corrected chi connectivity index (χ1v) is 11.2. The summed E-state index contributed by atoms with van der Waals surface area (Å²) in [6.07, 6.45) is 0.0740. The van der Waals surface area contributed by atoms with E-state index in [4.69, 9.17) is 11.6 Å². The van der Waals surface area contributed by atoms with Crippen molar-refractivity contribution in [2.45, 2.75) is 6.42 Å². The second-order valence-corrected chi connectivity index (χ2v) is 9.13. The Kier molecular flexibility index (Phi) is 5.13. The average Bonchev–Trinajstić information content (AvgIpc) is 2.97. The largest absolute Gasteiger partial charge is 0.506 e. The molecule has 2 N–H and O–H groups in total. The molecule has 4 rings (SSSR count). The summed E-state index contributed by atoms with van der Waals surface area (Å²) in [7, 11) is -3.79. The van der Waals surface area contributed by atoms with Crippen molar-refractivity contribution in [1.82, 2.24) is 4.90 Å². The number of anilines is 1. The van der Waals surface area contributed by atoms with Crippen molar-refractivity contribution < 1.29 is 23.1 Å². The number of hydrogen-bond acceptors (Lipinski definition) is 5. The van der Waals surface area contributed by atoms with Gasteiger partial charge in [-0.1, -0.05) is 48.0 Å². The first-order valence-electron chi connectivity index (χ1n) is 9.14. The van der Waals surface area contributed by atoms with Gasteiger partial charge in [-0.25, -0.2) is 8.42 Å². The molecule has 0 aromatic heterocycles. The minimum Gasteiger partial charge on any atom is -0.506 e. The summed E-state index contributed by atoms with van der Waals surface area (Å²) in [4.78, 5) is 25.8. The molecule has 1 aliphatic rings.